The quantitative estimate of drug-likeness (QED) is 0.276. The van der Waals surface area contributed by atoms with Gasteiger partial charge in [0, 0.05) is 0 Å². The van der Waals surface area contributed by atoms with E-state index in [1.54, 1.807) is 24.3 Å². The zero-order valence-corrected chi connectivity index (χ0v) is 19.6. The molecule has 2 aromatic rings. The molecule has 5 heterocycles. The summed E-state index contributed by atoms with van der Waals surface area (Å²) in [5.74, 6) is -1.46. The fraction of sp³-hybridized carbons (Fsp3) is 0.286. The van der Waals surface area contributed by atoms with Gasteiger partial charge in [-0.05, 0) is 11.1 Å². The van der Waals surface area contributed by atoms with E-state index in [9.17, 15) is 19.2 Å². The molecule has 0 aliphatic carbocycles. The van der Waals surface area contributed by atoms with Crippen molar-refractivity contribution in [3.05, 3.63) is 96.1 Å². The third kappa shape index (κ3) is 2.53. The maximum atomic E-state index is 13.5. The molecule has 5 aliphatic heterocycles. The van der Waals surface area contributed by atoms with Crippen LogP contribution < -0.4 is 0 Å². The lowest BCUT2D eigenvalue weighted by Crippen LogP contribution is -2.56. The molecule has 37 heavy (non-hydrogen) atoms. The fourth-order valence-electron chi connectivity index (χ4n) is 7.07. The molecule has 0 spiro atoms. The monoisotopic (exact) mass is 498 g/mol. The van der Waals surface area contributed by atoms with Gasteiger partial charge < -0.3 is 14.2 Å². The second-order valence-electron chi connectivity index (χ2n) is 9.86. The minimum absolute atomic E-state index is 0.0526. The minimum Gasteiger partial charge on any atom is -0.445 e. The SMILES string of the molecule is O=C(OCc1ccccc1)N1[C@H]2C=C[C@@H]1C13C(=O)OC(=O)C21[C@H]1C=C[C@@H]3N1C(=O)OCc1ccccc1. The molecule has 7 rings (SSSR count). The maximum absolute atomic E-state index is 13.5. The fourth-order valence-corrected chi connectivity index (χ4v) is 7.07. The van der Waals surface area contributed by atoms with Gasteiger partial charge in [0.25, 0.3) is 0 Å². The van der Waals surface area contributed by atoms with Crippen molar-refractivity contribution in [2.75, 3.05) is 0 Å². The van der Waals surface area contributed by atoms with Crippen molar-refractivity contribution in [2.24, 2.45) is 10.8 Å². The van der Waals surface area contributed by atoms with E-state index < -0.39 is 59.1 Å². The van der Waals surface area contributed by atoms with Crippen LogP contribution in [-0.2, 0) is 37.0 Å². The number of amides is 2. The highest BCUT2D eigenvalue weighted by Crippen LogP contribution is 2.73. The predicted octanol–water partition coefficient (Wildman–Crippen LogP) is 2.96. The van der Waals surface area contributed by atoms with Gasteiger partial charge in [0.1, 0.15) is 24.0 Å². The number of esters is 2. The van der Waals surface area contributed by atoms with Crippen LogP contribution in [0.3, 0.4) is 0 Å². The smallest absolute Gasteiger partial charge is 0.411 e. The van der Waals surface area contributed by atoms with Crippen LogP contribution in [0.15, 0.2) is 85.0 Å². The molecule has 4 bridgehead atoms. The number of carbonyl (C=O) groups is 4. The van der Waals surface area contributed by atoms with Crippen LogP contribution in [0.25, 0.3) is 0 Å². The van der Waals surface area contributed by atoms with Crippen molar-refractivity contribution < 1.29 is 33.4 Å². The summed E-state index contributed by atoms with van der Waals surface area (Å²) in [7, 11) is 0. The first-order chi connectivity index (χ1) is 18.0. The van der Waals surface area contributed by atoms with Crippen LogP contribution in [0.2, 0.25) is 0 Å². The van der Waals surface area contributed by atoms with Gasteiger partial charge in [-0.15, -0.1) is 0 Å². The molecule has 0 saturated carbocycles. The van der Waals surface area contributed by atoms with Gasteiger partial charge >= 0.3 is 24.1 Å². The van der Waals surface area contributed by atoms with E-state index in [0.717, 1.165) is 11.1 Å². The molecule has 2 aromatic carbocycles. The predicted molar refractivity (Wildman–Crippen MR) is 126 cm³/mol. The van der Waals surface area contributed by atoms with Gasteiger partial charge in [-0.25, -0.2) is 9.59 Å². The van der Waals surface area contributed by atoms with Crippen molar-refractivity contribution in [1.82, 2.24) is 9.80 Å². The summed E-state index contributed by atoms with van der Waals surface area (Å²) in [6, 6.07) is 15.3. The zero-order valence-electron chi connectivity index (χ0n) is 19.6. The van der Waals surface area contributed by atoms with E-state index in [0.29, 0.717) is 0 Å². The molecule has 2 unspecified atom stereocenters. The van der Waals surface area contributed by atoms with Crippen molar-refractivity contribution in [3.63, 3.8) is 0 Å². The summed E-state index contributed by atoms with van der Waals surface area (Å²) >= 11 is 0. The normalized spacial score (nSPS) is 33.5. The number of cyclic esters (lactones) is 2. The first-order valence-corrected chi connectivity index (χ1v) is 12.1. The minimum atomic E-state index is -1.46. The van der Waals surface area contributed by atoms with E-state index in [4.69, 9.17) is 14.2 Å². The van der Waals surface area contributed by atoms with Crippen LogP contribution in [-0.4, -0.2) is 58.1 Å². The van der Waals surface area contributed by atoms with E-state index in [-0.39, 0.29) is 13.2 Å². The molecule has 9 nitrogen and oxygen atoms in total. The molecule has 0 aromatic heterocycles. The molecule has 186 valence electrons. The number of rotatable bonds is 4. The zero-order chi connectivity index (χ0) is 25.4. The second kappa shape index (κ2) is 7.55. The summed E-state index contributed by atoms with van der Waals surface area (Å²) in [5.41, 5.74) is -1.28. The standard InChI is InChI=1S/C28H22N2O7/c31-23-27-19-11-12-20(29(19)25(33)35-15-17-7-3-1-4-8-17)28(27,24(32)37-23)22-14-13-21(27)30(22)26(34)36-16-18-9-5-2-6-10-18/h1-14,19-22H,15-16H2/t19-,20+,21+,22-,27?,28?. The molecule has 9 heteroatoms. The topological polar surface area (TPSA) is 102 Å². The Morgan fingerprint density at radius 3 is 1.35 bits per heavy atom. The Kier molecular flexibility index (Phi) is 4.46. The summed E-state index contributed by atoms with van der Waals surface area (Å²) in [4.78, 5) is 56.5. The Balaban J connectivity index is 1.20. The first-order valence-electron chi connectivity index (χ1n) is 12.1. The first kappa shape index (κ1) is 21.8. The Hall–Kier alpha value is -4.40. The highest BCUT2D eigenvalue weighted by atomic mass is 16.6. The van der Waals surface area contributed by atoms with E-state index in [1.165, 1.54) is 9.80 Å². The van der Waals surface area contributed by atoms with Gasteiger partial charge in [0.05, 0.1) is 24.2 Å². The van der Waals surface area contributed by atoms with Gasteiger partial charge in [0.15, 0.2) is 0 Å². The van der Waals surface area contributed by atoms with Crippen molar-refractivity contribution in [1.29, 1.82) is 0 Å². The number of benzene rings is 2. The lowest BCUT2D eigenvalue weighted by Gasteiger charge is -2.37. The maximum Gasteiger partial charge on any atom is 0.411 e. The second-order valence-corrected chi connectivity index (χ2v) is 9.86. The molecule has 5 aliphatic rings. The lowest BCUT2D eigenvalue weighted by atomic mass is 9.54. The Bertz CT molecular complexity index is 1250. The highest BCUT2D eigenvalue weighted by molar-refractivity contribution is 6.09. The lowest BCUT2D eigenvalue weighted by molar-refractivity contribution is -0.159. The third-order valence-corrected chi connectivity index (χ3v) is 8.39. The molecule has 0 N–H and O–H groups in total. The van der Waals surface area contributed by atoms with Crippen molar-refractivity contribution in [3.8, 4) is 0 Å². The summed E-state index contributed by atoms with van der Waals surface area (Å²) in [6.07, 6.45) is 5.72. The van der Waals surface area contributed by atoms with Crippen LogP contribution in [0.4, 0.5) is 9.59 Å². The van der Waals surface area contributed by atoms with Crippen LogP contribution in [0, 0.1) is 10.8 Å². The number of nitrogens with zero attached hydrogens (tertiary/aromatic N) is 2. The third-order valence-electron chi connectivity index (χ3n) is 8.39. The summed E-state index contributed by atoms with van der Waals surface area (Å²) in [6.45, 7) is 0.105. The number of hydrogen-bond acceptors (Lipinski definition) is 7. The van der Waals surface area contributed by atoms with Gasteiger partial charge in [-0.2, -0.15) is 0 Å². The Labute approximate surface area is 211 Å². The molecular formula is C28H22N2O7. The number of fused-ring (bicyclic) bond motifs is 4. The van der Waals surface area contributed by atoms with E-state index in [2.05, 4.69) is 0 Å². The highest BCUT2D eigenvalue weighted by Gasteiger charge is 2.92. The van der Waals surface area contributed by atoms with Gasteiger partial charge in [0.2, 0.25) is 0 Å². The average molecular weight is 498 g/mol. The number of hydrogen-bond donors (Lipinski definition) is 0. The number of ether oxygens (including phenoxy) is 3. The average Bonchev–Trinajstić information content (AvgIpc) is 3.70. The van der Waals surface area contributed by atoms with E-state index >= 15 is 0 Å². The van der Waals surface area contributed by atoms with Crippen molar-refractivity contribution in [2.45, 2.75) is 37.4 Å². The number of carbonyl (C=O) groups excluding carboxylic acids is 4. The van der Waals surface area contributed by atoms with Crippen molar-refractivity contribution >= 4 is 24.1 Å². The Morgan fingerprint density at radius 1 is 0.649 bits per heavy atom. The van der Waals surface area contributed by atoms with Gasteiger partial charge in [-0.3, -0.25) is 19.4 Å². The van der Waals surface area contributed by atoms with Gasteiger partial charge in [-0.1, -0.05) is 85.0 Å². The Morgan fingerprint density at radius 2 is 1.00 bits per heavy atom. The molecule has 3 saturated heterocycles. The summed E-state index contributed by atoms with van der Waals surface area (Å²) < 4.78 is 16.4. The molecular weight excluding hydrogens is 476 g/mol. The van der Waals surface area contributed by atoms with E-state index in [1.807, 2.05) is 60.7 Å². The molecule has 3 fully saturated rings. The molecule has 6 atom stereocenters. The van der Waals surface area contributed by atoms with Crippen LogP contribution in [0.1, 0.15) is 11.1 Å². The van der Waals surface area contributed by atoms with Crippen LogP contribution in [0.5, 0.6) is 0 Å². The van der Waals surface area contributed by atoms with Crippen LogP contribution >= 0.6 is 0 Å². The largest absolute Gasteiger partial charge is 0.445 e. The summed E-state index contributed by atoms with van der Waals surface area (Å²) in [5, 5.41) is 0. The molecule has 0 radical (unpaired) electrons. The molecule has 2 amide bonds.